The van der Waals surface area contributed by atoms with Gasteiger partial charge in [0, 0.05) is 50.4 Å². The second kappa shape index (κ2) is 13.0. The van der Waals surface area contributed by atoms with Crippen LogP contribution in [0.15, 0.2) is 71.8 Å². The van der Waals surface area contributed by atoms with Gasteiger partial charge in [-0.25, -0.2) is 18.6 Å². The molecule has 1 aromatic heterocycles. The molecule has 9 heteroatoms. The molecule has 1 spiro atoms. The molecule has 3 fully saturated rings. The van der Waals surface area contributed by atoms with Crippen molar-refractivity contribution < 1.29 is 13.6 Å². The molecule has 2 aliphatic heterocycles. The van der Waals surface area contributed by atoms with Crippen LogP contribution in [0.1, 0.15) is 56.6 Å². The number of hydrogen-bond acceptors (Lipinski definition) is 4. The number of benzene rings is 2. The average molecular weight is 590 g/mol. The summed E-state index contributed by atoms with van der Waals surface area (Å²) in [7, 11) is 0. The third-order valence-corrected chi connectivity index (χ3v) is 9.96. The van der Waals surface area contributed by atoms with Crippen LogP contribution in [0, 0.1) is 17.2 Å². The fourth-order valence-corrected chi connectivity index (χ4v) is 7.72. The van der Waals surface area contributed by atoms with Gasteiger partial charge in [-0.3, -0.25) is 9.36 Å². The Bertz CT molecular complexity index is 1460. The van der Waals surface area contributed by atoms with Gasteiger partial charge in [0.15, 0.2) is 0 Å². The zero-order chi connectivity index (χ0) is 29.8. The molecule has 1 saturated carbocycles. The lowest BCUT2D eigenvalue weighted by molar-refractivity contribution is 0.0206. The van der Waals surface area contributed by atoms with Crippen LogP contribution in [-0.2, 0) is 6.54 Å². The zero-order valence-corrected chi connectivity index (χ0v) is 24.6. The van der Waals surface area contributed by atoms with Crippen LogP contribution in [0.4, 0.5) is 13.6 Å². The third kappa shape index (κ3) is 6.37. The number of rotatable bonds is 7. The predicted molar refractivity (Wildman–Crippen MR) is 163 cm³/mol. The molecule has 43 heavy (non-hydrogen) atoms. The maximum atomic E-state index is 14.3. The van der Waals surface area contributed by atoms with E-state index in [4.69, 9.17) is 0 Å². The Balaban J connectivity index is 1.19. The van der Waals surface area contributed by atoms with E-state index in [0.717, 1.165) is 49.7 Å². The molecule has 0 unspecified atom stereocenters. The first-order chi connectivity index (χ1) is 21.0. The number of alkyl halides is 1. The van der Waals surface area contributed by atoms with E-state index in [0.29, 0.717) is 38.3 Å². The van der Waals surface area contributed by atoms with E-state index in [9.17, 15) is 18.4 Å². The van der Waals surface area contributed by atoms with E-state index in [-0.39, 0.29) is 47.4 Å². The molecule has 6 rings (SSSR count). The molecule has 3 aromatic rings. The van der Waals surface area contributed by atoms with Crippen LogP contribution in [0.25, 0.3) is 11.3 Å². The van der Waals surface area contributed by atoms with Crippen molar-refractivity contribution in [2.45, 2.75) is 63.6 Å². The van der Waals surface area contributed by atoms with Gasteiger partial charge in [0.05, 0.1) is 18.1 Å². The van der Waals surface area contributed by atoms with Crippen molar-refractivity contribution in [3.8, 4) is 11.3 Å². The van der Waals surface area contributed by atoms with Crippen molar-refractivity contribution in [3.05, 3.63) is 88.7 Å². The van der Waals surface area contributed by atoms with Crippen molar-refractivity contribution in [3.63, 3.8) is 0 Å². The molecule has 2 amide bonds. The van der Waals surface area contributed by atoms with Crippen LogP contribution in [0.2, 0.25) is 0 Å². The van der Waals surface area contributed by atoms with Gasteiger partial charge >= 0.3 is 6.03 Å². The van der Waals surface area contributed by atoms with Crippen LogP contribution >= 0.6 is 0 Å². The minimum Gasteiger partial charge on any atom is -0.324 e. The van der Waals surface area contributed by atoms with Gasteiger partial charge in [-0.1, -0.05) is 55.3 Å². The summed E-state index contributed by atoms with van der Waals surface area (Å²) in [4.78, 5) is 35.9. The molecule has 0 bridgehead atoms. The number of likely N-dealkylation sites (tertiary alicyclic amines) is 2. The second-order valence-electron chi connectivity index (χ2n) is 12.5. The van der Waals surface area contributed by atoms with Crippen LogP contribution < -0.4 is 10.9 Å². The summed E-state index contributed by atoms with van der Waals surface area (Å²) >= 11 is 0. The second-order valence-corrected chi connectivity index (χ2v) is 12.5. The fraction of sp³-hybridized carbons (Fsp3) is 0.500. The first-order valence-corrected chi connectivity index (χ1v) is 15.7. The molecule has 3 heterocycles. The highest BCUT2D eigenvalue weighted by Crippen LogP contribution is 2.49. The summed E-state index contributed by atoms with van der Waals surface area (Å²) in [6, 6.07) is 17.6. The van der Waals surface area contributed by atoms with Crippen molar-refractivity contribution in [1.29, 1.82) is 0 Å². The number of urea groups is 1. The lowest BCUT2D eigenvalue weighted by atomic mass is 9.69. The first kappa shape index (κ1) is 29.5. The van der Waals surface area contributed by atoms with Gasteiger partial charge < -0.3 is 15.1 Å². The van der Waals surface area contributed by atoms with Crippen molar-refractivity contribution >= 4 is 6.03 Å². The lowest BCUT2D eigenvalue weighted by Gasteiger charge is -2.49. The molecule has 0 radical (unpaired) electrons. The van der Waals surface area contributed by atoms with E-state index in [1.54, 1.807) is 23.0 Å². The molecule has 2 aromatic carbocycles. The lowest BCUT2D eigenvalue weighted by Crippen LogP contribution is -2.57. The fourth-order valence-electron chi connectivity index (χ4n) is 7.72. The summed E-state index contributed by atoms with van der Waals surface area (Å²) in [6.45, 7) is 2.24. The maximum absolute atomic E-state index is 14.3. The van der Waals surface area contributed by atoms with Gasteiger partial charge in [-0.2, -0.15) is 0 Å². The minimum absolute atomic E-state index is 0.00558. The number of carbonyl (C=O) groups excluding carboxylic acids is 1. The molecular formula is C34H41F2N5O2. The van der Waals surface area contributed by atoms with E-state index in [2.05, 4.69) is 10.3 Å². The monoisotopic (exact) mass is 589 g/mol. The summed E-state index contributed by atoms with van der Waals surface area (Å²) in [5, 5.41) is 3.26. The van der Waals surface area contributed by atoms with Gasteiger partial charge in [0.1, 0.15) is 12.5 Å². The van der Waals surface area contributed by atoms with Gasteiger partial charge in [0.2, 0.25) is 0 Å². The summed E-state index contributed by atoms with van der Waals surface area (Å²) in [5.74, 6) is -0.0493. The number of carbonyl (C=O) groups is 1. The van der Waals surface area contributed by atoms with Gasteiger partial charge in [-0.05, 0) is 61.1 Å². The highest BCUT2D eigenvalue weighted by Gasteiger charge is 2.47. The van der Waals surface area contributed by atoms with E-state index in [1.807, 2.05) is 46.2 Å². The molecule has 1 aliphatic carbocycles. The van der Waals surface area contributed by atoms with Crippen LogP contribution in [0.3, 0.4) is 0 Å². The van der Waals surface area contributed by atoms with Crippen molar-refractivity contribution in [2.75, 3.05) is 32.9 Å². The Morgan fingerprint density at radius 3 is 2.58 bits per heavy atom. The zero-order valence-electron chi connectivity index (χ0n) is 24.6. The normalized spacial score (nSPS) is 23.5. The predicted octanol–water partition coefficient (Wildman–Crippen LogP) is 5.82. The molecule has 3 atom stereocenters. The summed E-state index contributed by atoms with van der Waals surface area (Å²) in [5.41, 5.74) is 2.28. The Morgan fingerprint density at radius 1 is 1.02 bits per heavy atom. The number of piperidine rings is 2. The molecule has 7 nitrogen and oxygen atoms in total. The largest absolute Gasteiger partial charge is 0.324 e. The van der Waals surface area contributed by atoms with E-state index < -0.39 is 6.67 Å². The number of halogens is 2. The Morgan fingerprint density at radius 2 is 1.84 bits per heavy atom. The third-order valence-electron chi connectivity index (χ3n) is 9.96. The first-order valence-electron chi connectivity index (χ1n) is 15.7. The number of aromatic nitrogens is 2. The van der Waals surface area contributed by atoms with E-state index >= 15 is 0 Å². The molecule has 3 aliphatic rings. The maximum Gasteiger partial charge on any atom is 0.320 e. The Labute approximate surface area is 251 Å². The molecule has 1 N–H and O–H groups in total. The average Bonchev–Trinajstić information content (AvgIpc) is 3.50. The summed E-state index contributed by atoms with van der Waals surface area (Å²) < 4.78 is 28.9. The molecule has 2 saturated heterocycles. The smallest absolute Gasteiger partial charge is 0.320 e. The van der Waals surface area contributed by atoms with Crippen molar-refractivity contribution in [1.82, 2.24) is 24.7 Å². The van der Waals surface area contributed by atoms with Crippen LogP contribution in [-0.4, -0.2) is 64.3 Å². The Hall–Kier alpha value is -3.59. The quantitative estimate of drug-likeness (QED) is 0.377. The van der Waals surface area contributed by atoms with E-state index in [1.165, 1.54) is 12.1 Å². The van der Waals surface area contributed by atoms with Gasteiger partial charge in [-0.15, -0.1) is 0 Å². The molecular weight excluding hydrogens is 548 g/mol. The number of nitrogens with one attached hydrogen (secondary N) is 1. The summed E-state index contributed by atoms with van der Waals surface area (Å²) in [6.07, 6.45) is 8.15. The standard InChI is InChI=1S/C34H41F2N5O2/c35-15-16-37-29-12-18-41(31(20-29)26-9-6-10-28(36)19-26)33(43)39-17-11-27(34(23-39)13-4-5-14-34)22-40-24-38-30(21-32(40)42)25-7-2-1-3-8-25/h1-3,6-10,19,21,24,27,29,31,37H,4-5,11-18,20,22-23H2/t27-,29+,31-/m0/s1. The number of amides is 2. The number of hydrogen-bond donors (Lipinski definition) is 1. The van der Waals surface area contributed by atoms with Gasteiger partial charge in [0.25, 0.3) is 5.56 Å². The molecule has 228 valence electrons. The number of nitrogens with zero attached hydrogens (tertiary/aromatic N) is 4. The van der Waals surface area contributed by atoms with Crippen molar-refractivity contribution in [2.24, 2.45) is 11.3 Å². The minimum atomic E-state index is -0.444. The Kier molecular flexibility index (Phi) is 8.88. The highest BCUT2D eigenvalue weighted by molar-refractivity contribution is 5.75. The highest BCUT2D eigenvalue weighted by atomic mass is 19.1. The van der Waals surface area contributed by atoms with Crippen LogP contribution in [0.5, 0.6) is 0 Å². The topological polar surface area (TPSA) is 70.5 Å². The SMILES string of the molecule is O=C(N1CC[C@@H](Cn2cnc(-c3ccccc3)cc2=O)C2(CCCC2)C1)N1CC[C@@H](NCCF)C[C@H]1c1cccc(F)c1.